The molecule has 0 aliphatic heterocycles. The number of nitrogens with zero attached hydrogens (tertiary/aromatic N) is 2. The molecule has 0 amide bonds. The first-order valence-corrected chi connectivity index (χ1v) is 20.8. The molecule has 3 heteroatoms. The van der Waals surface area contributed by atoms with Gasteiger partial charge in [-0.05, 0) is 111 Å². The van der Waals surface area contributed by atoms with E-state index in [2.05, 4.69) is 228 Å². The average molecular weight is 779 g/mol. The summed E-state index contributed by atoms with van der Waals surface area (Å²) in [7, 11) is 0. The van der Waals surface area contributed by atoms with Gasteiger partial charge in [-0.25, -0.2) is 0 Å². The van der Waals surface area contributed by atoms with Crippen LogP contribution in [0.5, 0.6) is 0 Å². The Morgan fingerprint density at radius 1 is 0.344 bits per heavy atom. The summed E-state index contributed by atoms with van der Waals surface area (Å²) in [6, 6.07) is 82.9. The molecular formula is C58H38N2O. The third kappa shape index (κ3) is 5.90. The van der Waals surface area contributed by atoms with E-state index in [-0.39, 0.29) is 0 Å². The number of benzene rings is 10. The van der Waals surface area contributed by atoms with Gasteiger partial charge < -0.3 is 13.9 Å². The Labute approximate surface area is 353 Å². The molecule has 0 N–H and O–H groups in total. The van der Waals surface area contributed by atoms with Crippen LogP contribution >= 0.6 is 0 Å². The zero-order chi connectivity index (χ0) is 40.3. The largest absolute Gasteiger partial charge is 0.456 e. The highest BCUT2D eigenvalue weighted by Crippen LogP contribution is 2.44. The second-order valence-corrected chi connectivity index (χ2v) is 15.7. The molecule has 0 unspecified atom stereocenters. The molecule has 2 heterocycles. The normalized spacial score (nSPS) is 11.6. The van der Waals surface area contributed by atoms with Gasteiger partial charge in [0.05, 0.1) is 27.8 Å². The van der Waals surface area contributed by atoms with Crippen LogP contribution in [0.2, 0.25) is 0 Å². The molecule has 0 fully saturated rings. The number of hydrogen-bond acceptors (Lipinski definition) is 2. The van der Waals surface area contributed by atoms with Crippen molar-refractivity contribution >= 4 is 71.6 Å². The van der Waals surface area contributed by atoms with Crippen LogP contribution in [0, 0.1) is 0 Å². The molecule has 0 atom stereocenters. The van der Waals surface area contributed by atoms with Gasteiger partial charge in [0.1, 0.15) is 11.2 Å². The van der Waals surface area contributed by atoms with Gasteiger partial charge in [0.15, 0.2) is 0 Å². The van der Waals surface area contributed by atoms with Crippen molar-refractivity contribution in [1.29, 1.82) is 0 Å². The molecule has 3 nitrogen and oxygen atoms in total. The van der Waals surface area contributed by atoms with Crippen LogP contribution in [0.1, 0.15) is 0 Å². The second kappa shape index (κ2) is 14.3. The van der Waals surface area contributed by atoms with E-state index < -0.39 is 0 Å². The van der Waals surface area contributed by atoms with E-state index in [0.717, 1.165) is 55.8 Å². The van der Waals surface area contributed by atoms with Gasteiger partial charge in [-0.1, -0.05) is 158 Å². The highest BCUT2D eigenvalue weighted by molar-refractivity contribution is 6.13. The van der Waals surface area contributed by atoms with E-state index in [1.54, 1.807) is 0 Å². The van der Waals surface area contributed by atoms with Crippen LogP contribution in [-0.4, -0.2) is 4.57 Å². The van der Waals surface area contributed by atoms with Crippen molar-refractivity contribution in [2.24, 2.45) is 0 Å². The number of anilines is 3. The lowest BCUT2D eigenvalue weighted by molar-refractivity contribution is 0.669. The van der Waals surface area contributed by atoms with E-state index in [0.29, 0.717) is 0 Å². The molecule has 0 bridgehead atoms. The summed E-state index contributed by atoms with van der Waals surface area (Å²) < 4.78 is 8.81. The quantitative estimate of drug-likeness (QED) is 0.161. The lowest BCUT2D eigenvalue weighted by Crippen LogP contribution is -2.10. The lowest BCUT2D eigenvalue weighted by atomic mass is 9.97. The van der Waals surface area contributed by atoms with E-state index in [1.165, 1.54) is 54.8 Å². The predicted molar refractivity (Wildman–Crippen MR) is 257 cm³/mol. The van der Waals surface area contributed by atoms with Crippen molar-refractivity contribution in [1.82, 2.24) is 4.57 Å². The Morgan fingerprint density at radius 3 is 1.62 bits per heavy atom. The second-order valence-electron chi connectivity index (χ2n) is 15.7. The van der Waals surface area contributed by atoms with Crippen molar-refractivity contribution in [2.75, 3.05) is 4.90 Å². The molecule has 12 aromatic rings. The van der Waals surface area contributed by atoms with E-state index >= 15 is 0 Å². The van der Waals surface area contributed by atoms with E-state index in [4.69, 9.17) is 4.42 Å². The van der Waals surface area contributed by atoms with Crippen molar-refractivity contribution in [3.05, 3.63) is 231 Å². The first kappa shape index (κ1) is 34.9. The molecular weight excluding hydrogens is 741 g/mol. The fraction of sp³-hybridized carbons (Fsp3) is 0. The van der Waals surface area contributed by atoms with Crippen LogP contribution in [0.25, 0.3) is 93.6 Å². The zero-order valence-corrected chi connectivity index (χ0v) is 33.2. The van der Waals surface area contributed by atoms with Crippen molar-refractivity contribution < 1.29 is 4.42 Å². The summed E-state index contributed by atoms with van der Waals surface area (Å²) in [6.07, 6.45) is 0. The Bertz CT molecular complexity index is 3540. The Morgan fingerprint density at radius 2 is 0.885 bits per heavy atom. The maximum Gasteiger partial charge on any atom is 0.137 e. The fourth-order valence-electron chi connectivity index (χ4n) is 9.31. The first-order valence-electron chi connectivity index (χ1n) is 20.8. The summed E-state index contributed by atoms with van der Waals surface area (Å²) in [6.45, 7) is 0. The standard InChI is InChI=1S/C58H38N2O/c1-2-14-42-37-44(28-27-39(42)13-1)41-31-35-47(36-32-41)59(55-24-12-26-57-58(55)51-20-6-10-25-56(51)61-57)46-33-29-40(30-34-46)43-15-11-16-45(38-43)48-17-3-7-21-52(48)60-53-22-8-4-18-49(53)50-19-5-9-23-54(50)60/h1-38H. The van der Waals surface area contributed by atoms with Gasteiger partial charge in [0.2, 0.25) is 0 Å². The van der Waals surface area contributed by atoms with Crippen LogP contribution in [0.15, 0.2) is 235 Å². The third-order valence-electron chi connectivity index (χ3n) is 12.2. The van der Waals surface area contributed by atoms with Crippen LogP contribution in [0.3, 0.4) is 0 Å². The number of para-hydroxylation sites is 4. The molecule has 0 spiro atoms. The Kier molecular flexibility index (Phi) is 8.17. The summed E-state index contributed by atoms with van der Waals surface area (Å²) in [4.78, 5) is 2.36. The van der Waals surface area contributed by atoms with Crippen LogP contribution in [0.4, 0.5) is 17.1 Å². The van der Waals surface area contributed by atoms with Gasteiger partial charge >= 0.3 is 0 Å². The smallest absolute Gasteiger partial charge is 0.137 e. The Hall–Kier alpha value is -8.14. The highest BCUT2D eigenvalue weighted by atomic mass is 16.3. The van der Waals surface area contributed by atoms with E-state index in [1.807, 2.05) is 12.1 Å². The minimum atomic E-state index is 0.867. The average Bonchev–Trinajstić information content (AvgIpc) is 3.88. The monoisotopic (exact) mass is 778 g/mol. The molecule has 286 valence electrons. The molecule has 0 radical (unpaired) electrons. The highest BCUT2D eigenvalue weighted by Gasteiger charge is 2.20. The summed E-state index contributed by atoms with van der Waals surface area (Å²) in [5.74, 6) is 0. The fourth-order valence-corrected chi connectivity index (χ4v) is 9.31. The first-order chi connectivity index (χ1) is 30.2. The SMILES string of the molecule is c1cc(-c2ccc(N(c3ccc(-c4ccc5ccccc5c4)cc3)c3cccc4oc5ccccc5c34)cc2)cc(-c2ccccc2-n2c3ccccc3c3ccccc32)c1. The maximum atomic E-state index is 6.40. The molecule has 12 rings (SSSR count). The molecule has 0 saturated carbocycles. The van der Waals surface area contributed by atoms with Crippen molar-refractivity contribution in [2.45, 2.75) is 0 Å². The predicted octanol–water partition coefficient (Wildman–Crippen LogP) is 16.3. The summed E-state index contributed by atoms with van der Waals surface area (Å²) in [5.41, 5.74) is 15.6. The lowest BCUT2D eigenvalue weighted by Gasteiger charge is -2.26. The summed E-state index contributed by atoms with van der Waals surface area (Å²) >= 11 is 0. The number of fused-ring (bicyclic) bond motifs is 7. The molecule has 2 aromatic heterocycles. The number of hydrogen-bond donors (Lipinski definition) is 0. The van der Waals surface area contributed by atoms with Crippen molar-refractivity contribution in [3.63, 3.8) is 0 Å². The van der Waals surface area contributed by atoms with Crippen LogP contribution < -0.4 is 4.90 Å². The van der Waals surface area contributed by atoms with Gasteiger partial charge in [-0.3, -0.25) is 0 Å². The molecule has 10 aromatic carbocycles. The summed E-state index contributed by atoms with van der Waals surface area (Å²) in [5, 5.41) is 7.19. The minimum absolute atomic E-state index is 0.867. The van der Waals surface area contributed by atoms with Gasteiger partial charge in [0.25, 0.3) is 0 Å². The molecule has 61 heavy (non-hydrogen) atoms. The Balaban J connectivity index is 0.948. The van der Waals surface area contributed by atoms with E-state index in [9.17, 15) is 0 Å². The van der Waals surface area contributed by atoms with Crippen LogP contribution in [-0.2, 0) is 0 Å². The van der Waals surface area contributed by atoms with Crippen molar-refractivity contribution in [3.8, 4) is 39.1 Å². The number of rotatable bonds is 7. The topological polar surface area (TPSA) is 21.3 Å². The maximum absolute atomic E-state index is 6.40. The number of aromatic nitrogens is 1. The number of furan rings is 1. The molecule has 0 saturated heterocycles. The van der Waals surface area contributed by atoms with Gasteiger partial charge in [0, 0.05) is 33.1 Å². The molecule has 0 aliphatic carbocycles. The van der Waals surface area contributed by atoms with Gasteiger partial charge in [-0.15, -0.1) is 0 Å². The third-order valence-corrected chi connectivity index (χ3v) is 12.2. The zero-order valence-electron chi connectivity index (χ0n) is 33.2. The molecule has 0 aliphatic rings. The minimum Gasteiger partial charge on any atom is -0.456 e. The van der Waals surface area contributed by atoms with Gasteiger partial charge in [-0.2, -0.15) is 0 Å².